The fourth-order valence-electron chi connectivity index (χ4n) is 2.38. The molecule has 1 aliphatic rings. The van der Waals surface area contributed by atoms with Crippen LogP contribution in [0.3, 0.4) is 0 Å². The molecule has 3 heteroatoms. The molecule has 0 saturated carbocycles. The van der Waals surface area contributed by atoms with Crippen molar-refractivity contribution in [3.63, 3.8) is 0 Å². The van der Waals surface area contributed by atoms with Crippen molar-refractivity contribution >= 4 is 0 Å². The standard InChI is InChI=1S/C14H20FNO/c1-10-7-11(5-6-12(10)15)14(8-17-9-14)13(2,3)16-4/h5-7,16H,8-9H2,1-4H3. The number of rotatable bonds is 3. The minimum absolute atomic E-state index is 0.0553. The molecule has 1 aromatic rings. The van der Waals surface area contributed by atoms with Gasteiger partial charge in [-0.25, -0.2) is 4.39 Å². The van der Waals surface area contributed by atoms with Gasteiger partial charge in [0.05, 0.1) is 18.6 Å². The lowest BCUT2D eigenvalue weighted by molar-refractivity contribution is -0.0991. The Bertz CT molecular complexity index is 424. The summed E-state index contributed by atoms with van der Waals surface area (Å²) in [4.78, 5) is 0. The van der Waals surface area contributed by atoms with E-state index in [-0.39, 0.29) is 16.8 Å². The topological polar surface area (TPSA) is 21.3 Å². The van der Waals surface area contributed by atoms with Crippen molar-refractivity contribution in [3.05, 3.63) is 35.1 Å². The van der Waals surface area contributed by atoms with E-state index in [4.69, 9.17) is 4.74 Å². The van der Waals surface area contributed by atoms with Crippen LogP contribution >= 0.6 is 0 Å². The highest BCUT2D eigenvalue weighted by atomic mass is 19.1. The van der Waals surface area contributed by atoms with Gasteiger partial charge in [-0.1, -0.05) is 12.1 Å². The molecule has 0 unspecified atom stereocenters. The first-order valence-corrected chi connectivity index (χ1v) is 5.96. The lowest BCUT2D eigenvalue weighted by Crippen LogP contribution is -2.65. The van der Waals surface area contributed by atoms with Gasteiger partial charge in [-0.15, -0.1) is 0 Å². The van der Waals surface area contributed by atoms with Gasteiger partial charge in [0.25, 0.3) is 0 Å². The fraction of sp³-hybridized carbons (Fsp3) is 0.571. The van der Waals surface area contributed by atoms with Gasteiger partial charge in [-0.2, -0.15) is 0 Å². The van der Waals surface area contributed by atoms with Crippen LogP contribution in [0.15, 0.2) is 18.2 Å². The first-order chi connectivity index (χ1) is 7.93. The second-order valence-corrected chi connectivity index (χ2v) is 5.41. The van der Waals surface area contributed by atoms with Gasteiger partial charge < -0.3 is 10.1 Å². The molecule has 0 aromatic heterocycles. The predicted molar refractivity (Wildman–Crippen MR) is 66.8 cm³/mol. The normalized spacial score (nSPS) is 18.9. The molecule has 2 rings (SSSR count). The van der Waals surface area contributed by atoms with Crippen molar-refractivity contribution in [2.45, 2.75) is 31.7 Å². The van der Waals surface area contributed by atoms with E-state index in [1.165, 1.54) is 0 Å². The van der Waals surface area contributed by atoms with Crippen LogP contribution in [-0.2, 0) is 10.2 Å². The van der Waals surface area contributed by atoms with Crippen molar-refractivity contribution in [2.24, 2.45) is 0 Å². The van der Waals surface area contributed by atoms with Crippen molar-refractivity contribution in [1.29, 1.82) is 0 Å². The van der Waals surface area contributed by atoms with Crippen LogP contribution in [0.2, 0.25) is 0 Å². The molecule has 94 valence electrons. The zero-order valence-electron chi connectivity index (χ0n) is 10.9. The number of nitrogens with one attached hydrogen (secondary N) is 1. The third-order valence-corrected chi connectivity index (χ3v) is 4.23. The lowest BCUT2D eigenvalue weighted by Gasteiger charge is -2.52. The number of ether oxygens (including phenoxy) is 1. The summed E-state index contributed by atoms with van der Waals surface area (Å²) >= 11 is 0. The molecule has 2 nitrogen and oxygen atoms in total. The molecule has 0 spiro atoms. The van der Waals surface area contributed by atoms with E-state index in [9.17, 15) is 4.39 Å². The molecule has 1 saturated heterocycles. The number of hydrogen-bond acceptors (Lipinski definition) is 2. The predicted octanol–water partition coefficient (Wildman–Crippen LogP) is 2.40. The second-order valence-electron chi connectivity index (χ2n) is 5.41. The van der Waals surface area contributed by atoms with E-state index in [1.807, 2.05) is 19.2 Å². The van der Waals surface area contributed by atoms with E-state index < -0.39 is 0 Å². The van der Waals surface area contributed by atoms with E-state index in [0.29, 0.717) is 18.8 Å². The summed E-state index contributed by atoms with van der Waals surface area (Å²) in [5, 5.41) is 3.34. The molecule has 0 bridgehead atoms. The Hall–Kier alpha value is -0.930. The Balaban J connectivity index is 2.45. The SMILES string of the molecule is CNC(C)(C)C1(c2ccc(F)c(C)c2)COC1. The number of likely N-dealkylation sites (N-methyl/N-ethyl adjacent to an activating group) is 1. The smallest absolute Gasteiger partial charge is 0.126 e. The average molecular weight is 237 g/mol. The highest BCUT2D eigenvalue weighted by Gasteiger charge is 2.51. The minimum Gasteiger partial charge on any atom is -0.379 e. The van der Waals surface area contributed by atoms with E-state index in [0.717, 1.165) is 5.56 Å². The van der Waals surface area contributed by atoms with E-state index in [1.54, 1.807) is 13.0 Å². The van der Waals surface area contributed by atoms with Crippen molar-refractivity contribution < 1.29 is 9.13 Å². The summed E-state index contributed by atoms with van der Waals surface area (Å²) in [6.45, 7) is 7.50. The maximum atomic E-state index is 13.3. The molecule has 1 aliphatic heterocycles. The molecule has 0 amide bonds. The number of aryl methyl sites for hydroxylation is 1. The highest BCUT2D eigenvalue weighted by molar-refractivity contribution is 5.36. The maximum absolute atomic E-state index is 13.3. The van der Waals surface area contributed by atoms with Crippen LogP contribution in [0.25, 0.3) is 0 Å². The van der Waals surface area contributed by atoms with Gasteiger partial charge in [0.2, 0.25) is 0 Å². The molecule has 1 aromatic carbocycles. The zero-order chi connectivity index (χ0) is 12.7. The number of halogens is 1. The fourth-order valence-corrected chi connectivity index (χ4v) is 2.38. The summed E-state index contributed by atoms with van der Waals surface area (Å²) < 4.78 is 18.8. The van der Waals surface area contributed by atoms with Crippen molar-refractivity contribution in [1.82, 2.24) is 5.32 Å². The molecule has 1 N–H and O–H groups in total. The van der Waals surface area contributed by atoms with Gasteiger partial charge in [0, 0.05) is 5.54 Å². The van der Waals surface area contributed by atoms with Crippen LogP contribution < -0.4 is 5.32 Å². The summed E-state index contributed by atoms with van der Waals surface area (Å²) in [6, 6.07) is 5.37. The molecule has 17 heavy (non-hydrogen) atoms. The van der Waals surface area contributed by atoms with Gasteiger partial charge in [0.1, 0.15) is 5.82 Å². The Morgan fingerprint density at radius 3 is 2.41 bits per heavy atom. The van der Waals surface area contributed by atoms with Crippen LogP contribution in [0, 0.1) is 12.7 Å². The van der Waals surface area contributed by atoms with E-state index in [2.05, 4.69) is 19.2 Å². The third kappa shape index (κ3) is 1.78. The Morgan fingerprint density at radius 1 is 1.35 bits per heavy atom. The molecule has 1 heterocycles. The first kappa shape index (κ1) is 12.5. The Labute approximate surface area is 102 Å². The van der Waals surface area contributed by atoms with E-state index >= 15 is 0 Å². The molecular formula is C14H20FNO. The van der Waals surface area contributed by atoms with Crippen LogP contribution in [0.5, 0.6) is 0 Å². The number of benzene rings is 1. The second kappa shape index (κ2) is 4.07. The Morgan fingerprint density at radius 2 is 2.00 bits per heavy atom. The third-order valence-electron chi connectivity index (χ3n) is 4.23. The maximum Gasteiger partial charge on any atom is 0.126 e. The van der Waals surface area contributed by atoms with Crippen molar-refractivity contribution in [3.8, 4) is 0 Å². The van der Waals surface area contributed by atoms with Crippen LogP contribution in [0.4, 0.5) is 4.39 Å². The quantitative estimate of drug-likeness (QED) is 0.871. The first-order valence-electron chi connectivity index (χ1n) is 5.96. The molecule has 1 fully saturated rings. The Kier molecular flexibility index (Phi) is 3.00. The largest absolute Gasteiger partial charge is 0.379 e. The molecule has 0 radical (unpaired) electrons. The number of hydrogen-bond donors (Lipinski definition) is 1. The van der Waals surface area contributed by atoms with Gasteiger partial charge in [-0.3, -0.25) is 0 Å². The van der Waals surface area contributed by atoms with Crippen LogP contribution in [0.1, 0.15) is 25.0 Å². The van der Waals surface area contributed by atoms with Gasteiger partial charge in [-0.05, 0) is 45.0 Å². The average Bonchev–Trinajstić information content (AvgIpc) is 2.21. The summed E-state index contributed by atoms with van der Waals surface area (Å²) in [5.74, 6) is -0.147. The zero-order valence-corrected chi connectivity index (χ0v) is 10.9. The summed E-state index contributed by atoms with van der Waals surface area (Å²) in [6.07, 6.45) is 0. The molecule has 0 atom stereocenters. The van der Waals surface area contributed by atoms with Gasteiger partial charge in [0.15, 0.2) is 0 Å². The highest BCUT2D eigenvalue weighted by Crippen LogP contribution is 2.42. The summed E-state index contributed by atoms with van der Waals surface area (Å²) in [7, 11) is 1.95. The molecular weight excluding hydrogens is 217 g/mol. The van der Waals surface area contributed by atoms with Gasteiger partial charge >= 0.3 is 0 Å². The monoisotopic (exact) mass is 237 g/mol. The summed E-state index contributed by atoms with van der Waals surface area (Å²) in [5.41, 5.74) is 1.72. The molecule has 0 aliphatic carbocycles. The van der Waals surface area contributed by atoms with Crippen molar-refractivity contribution in [2.75, 3.05) is 20.3 Å². The lowest BCUT2D eigenvalue weighted by atomic mass is 9.65. The van der Waals surface area contributed by atoms with Crippen LogP contribution in [-0.4, -0.2) is 25.8 Å². The minimum atomic E-state index is -0.147.